The van der Waals surface area contributed by atoms with Crippen LogP contribution in [0.5, 0.6) is 11.5 Å². The normalized spacial score (nSPS) is 16.6. The van der Waals surface area contributed by atoms with E-state index in [4.69, 9.17) is 9.47 Å². The second-order valence-corrected chi connectivity index (χ2v) is 11.4. The molecule has 1 saturated carbocycles. The standard InChI is InChI=1S/C23H23BrN2O6S/c24-17-10-16-5-7-26(23(28)15-2-3-15)18(16)11-21(17)33(29,30)8-6-22(27)25-12-14-1-4-19-20(9-14)32-13-31-19/h1,4,9-11,15H,2-3,5-8,12-13H2,(H,25,27). The third-order valence-corrected chi connectivity index (χ3v) is 8.75. The molecule has 2 heterocycles. The van der Waals surface area contributed by atoms with Crippen molar-refractivity contribution in [1.29, 1.82) is 0 Å². The average molecular weight is 535 g/mol. The van der Waals surface area contributed by atoms with Crippen LogP contribution in [0.15, 0.2) is 39.7 Å². The van der Waals surface area contributed by atoms with Crippen LogP contribution in [0.3, 0.4) is 0 Å². The minimum Gasteiger partial charge on any atom is -0.454 e. The van der Waals surface area contributed by atoms with Gasteiger partial charge in [-0.05, 0) is 70.6 Å². The highest BCUT2D eigenvalue weighted by molar-refractivity contribution is 9.10. The van der Waals surface area contributed by atoms with Gasteiger partial charge >= 0.3 is 0 Å². The number of nitrogens with one attached hydrogen (secondary N) is 1. The molecular formula is C23H23BrN2O6S. The quantitative estimate of drug-likeness (QED) is 0.585. The highest BCUT2D eigenvalue weighted by atomic mass is 79.9. The van der Waals surface area contributed by atoms with E-state index in [0.29, 0.717) is 34.6 Å². The van der Waals surface area contributed by atoms with Gasteiger partial charge in [0, 0.05) is 35.6 Å². The minimum absolute atomic E-state index is 0.0631. The zero-order chi connectivity index (χ0) is 23.2. The van der Waals surface area contributed by atoms with Gasteiger partial charge in [0.05, 0.1) is 10.6 Å². The predicted octanol–water partition coefficient (Wildman–Crippen LogP) is 2.96. The molecule has 0 spiro atoms. The number of fused-ring (bicyclic) bond motifs is 2. The molecule has 1 aliphatic carbocycles. The molecule has 2 aliphatic heterocycles. The molecule has 174 valence electrons. The maximum atomic E-state index is 13.0. The Balaban J connectivity index is 1.23. The van der Waals surface area contributed by atoms with Crippen LogP contribution < -0.4 is 19.7 Å². The molecule has 0 bridgehead atoms. The van der Waals surface area contributed by atoms with Crippen LogP contribution in [-0.2, 0) is 32.4 Å². The van der Waals surface area contributed by atoms with Crippen LogP contribution in [0.1, 0.15) is 30.4 Å². The molecule has 0 radical (unpaired) electrons. The van der Waals surface area contributed by atoms with Gasteiger partial charge in [-0.1, -0.05) is 6.07 Å². The Kier molecular flexibility index (Phi) is 5.82. The lowest BCUT2D eigenvalue weighted by Gasteiger charge is -2.18. The van der Waals surface area contributed by atoms with Crippen molar-refractivity contribution in [3.8, 4) is 11.5 Å². The van der Waals surface area contributed by atoms with E-state index in [1.807, 2.05) is 6.07 Å². The summed E-state index contributed by atoms with van der Waals surface area (Å²) in [5, 5.41) is 2.75. The van der Waals surface area contributed by atoms with Gasteiger partial charge in [-0.25, -0.2) is 8.42 Å². The van der Waals surface area contributed by atoms with E-state index < -0.39 is 9.84 Å². The Bertz CT molecular complexity index is 1240. The minimum atomic E-state index is -3.73. The number of anilines is 1. The van der Waals surface area contributed by atoms with Crippen LogP contribution >= 0.6 is 15.9 Å². The van der Waals surface area contributed by atoms with E-state index in [1.165, 1.54) is 0 Å². The van der Waals surface area contributed by atoms with Gasteiger partial charge in [-0.2, -0.15) is 0 Å². The van der Waals surface area contributed by atoms with Gasteiger partial charge < -0.3 is 19.7 Å². The van der Waals surface area contributed by atoms with E-state index in [1.54, 1.807) is 29.2 Å². The van der Waals surface area contributed by atoms with Crippen molar-refractivity contribution < 1.29 is 27.5 Å². The molecule has 10 heteroatoms. The number of amides is 2. The Hall–Kier alpha value is -2.59. The fourth-order valence-electron chi connectivity index (χ4n) is 4.08. The molecule has 2 aromatic rings. The van der Waals surface area contributed by atoms with E-state index in [0.717, 1.165) is 24.0 Å². The van der Waals surface area contributed by atoms with Crippen molar-refractivity contribution in [3.63, 3.8) is 0 Å². The van der Waals surface area contributed by atoms with Crippen molar-refractivity contribution in [1.82, 2.24) is 5.32 Å². The zero-order valence-electron chi connectivity index (χ0n) is 17.8. The second-order valence-electron chi connectivity index (χ2n) is 8.46. The maximum Gasteiger partial charge on any atom is 0.231 e. The number of hydrogen-bond acceptors (Lipinski definition) is 6. The third kappa shape index (κ3) is 4.59. The van der Waals surface area contributed by atoms with Gasteiger partial charge in [0.2, 0.25) is 18.6 Å². The van der Waals surface area contributed by atoms with Crippen molar-refractivity contribution >= 4 is 43.3 Å². The number of benzene rings is 2. The Labute approximate surface area is 200 Å². The number of rotatable bonds is 7. The highest BCUT2D eigenvalue weighted by Crippen LogP contribution is 2.40. The number of nitrogens with zero attached hydrogens (tertiary/aromatic N) is 1. The Morgan fingerprint density at radius 3 is 2.70 bits per heavy atom. The highest BCUT2D eigenvalue weighted by Gasteiger charge is 2.37. The molecule has 0 saturated heterocycles. The summed E-state index contributed by atoms with van der Waals surface area (Å²) in [6.07, 6.45) is 2.33. The largest absolute Gasteiger partial charge is 0.454 e. The first-order valence-corrected chi connectivity index (χ1v) is 13.3. The first-order chi connectivity index (χ1) is 15.8. The molecule has 8 nitrogen and oxygen atoms in total. The molecule has 5 rings (SSSR count). The average Bonchev–Trinajstić information content (AvgIpc) is 3.40. The topological polar surface area (TPSA) is 102 Å². The number of carbonyl (C=O) groups excluding carboxylic acids is 2. The number of halogens is 1. The molecule has 1 N–H and O–H groups in total. The summed E-state index contributed by atoms with van der Waals surface area (Å²) in [5.74, 6) is 0.733. The summed E-state index contributed by atoms with van der Waals surface area (Å²) in [4.78, 5) is 26.7. The van der Waals surface area contributed by atoms with Crippen LogP contribution in [0.25, 0.3) is 0 Å². The Morgan fingerprint density at radius 1 is 1.12 bits per heavy atom. The summed E-state index contributed by atoms with van der Waals surface area (Å²) in [6, 6.07) is 8.74. The summed E-state index contributed by atoms with van der Waals surface area (Å²) >= 11 is 3.37. The lowest BCUT2D eigenvalue weighted by molar-refractivity contribution is -0.121. The number of ether oxygens (including phenoxy) is 2. The van der Waals surface area contributed by atoms with Crippen molar-refractivity contribution in [2.24, 2.45) is 5.92 Å². The number of carbonyl (C=O) groups is 2. The molecule has 0 unspecified atom stereocenters. The molecule has 0 aromatic heterocycles. The van der Waals surface area contributed by atoms with Crippen LogP contribution in [0.2, 0.25) is 0 Å². The fraction of sp³-hybridized carbons (Fsp3) is 0.391. The first kappa shape index (κ1) is 22.2. The van der Waals surface area contributed by atoms with E-state index in [2.05, 4.69) is 21.2 Å². The Morgan fingerprint density at radius 2 is 1.91 bits per heavy atom. The van der Waals surface area contributed by atoms with E-state index >= 15 is 0 Å². The molecule has 0 atom stereocenters. The summed E-state index contributed by atoms with van der Waals surface area (Å²) in [6.45, 7) is 1.01. The van der Waals surface area contributed by atoms with Crippen LogP contribution in [-0.4, -0.2) is 39.3 Å². The number of sulfone groups is 1. The van der Waals surface area contributed by atoms with E-state index in [-0.39, 0.29) is 48.1 Å². The molecule has 2 aromatic carbocycles. The monoisotopic (exact) mass is 534 g/mol. The molecule has 1 fully saturated rings. The molecule has 3 aliphatic rings. The zero-order valence-corrected chi connectivity index (χ0v) is 20.2. The summed E-state index contributed by atoms with van der Waals surface area (Å²) in [5.41, 5.74) is 2.45. The van der Waals surface area contributed by atoms with Gasteiger partial charge in [0.25, 0.3) is 0 Å². The smallest absolute Gasteiger partial charge is 0.231 e. The van der Waals surface area contributed by atoms with Gasteiger partial charge in [0.15, 0.2) is 21.3 Å². The SMILES string of the molecule is O=C(CCS(=O)(=O)c1cc2c(cc1Br)CCN2C(=O)C1CC1)NCc1ccc2c(c1)OCO2. The molecule has 2 amide bonds. The lowest BCUT2D eigenvalue weighted by Crippen LogP contribution is -2.30. The van der Waals surface area contributed by atoms with Gasteiger partial charge in [0.1, 0.15) is 0 Å². The third-order valence-electron chi connectivity index (χ3n) is 6.08. The van der Waals surface area contributed by atoms with Gasteiger partial charge in [-0.15, -0.1) is 0 Å². The first-order valence-electron chi connectivity index (χ1n) is 10.8. The second kappa shape index (κ2) is 8.64. The lowest BCUT2D eigenvalue weighted by atomic mass is 10.2. The summed E-state index contributed by atoms with van der Waals surface area (Å²) in [7, 11) is -3.73. The van der Waals surface area contributed by atoms with Crippen molar-refractivity contribution in [2.75, 3.05) is 24.0 Å². The van der Waals surface area contributed by atoms with Gasteiger partial charge in [-0.3, -0.25) is 9.59 Å². The van der Waals surface area contributed by atoms with Crippen molar-refractivity contribution in [3.05, 3.63) is 45.9 Å². The van der Waals surface area contributed by atoms with Crippen LogP contribution in [0.4, 0.5) is 5.69 Å². The molecule has 33 heavy (non-hydrogen) atoms. The predicted molar refractivity (Wildman–Crippen MR) is 124 cm³/mol. The maximum absolute atomic E-state index is 13.0. The van der Waals surface area contributed by atoms with E-state index in [9.17, 15) is 18.0 Å². The number of hydrogen-bond donors (Lipinski definition) is 1. The summed E-state index contributed by atoms with van der Waals surface area (Å²) < 4.78 is 37.1. The van der Waals surface area contributed by atoms with Crippen molar-refractivity contribution in [2.45, 2.75) is 37.1 Å². The molecular weight excluding hydrogens is 512 g/mol. The fourth-order valence-corrected chi connectivity index (χ4v) is 6.53. The van der Waals surface area contributed by atoms with Crippen LogP contribution in [0, 0.1) is 5.92 Å².